The zero-order valence-electron chi connectivity index (χ0n) is 11.2. The van der Waals surface area contributed by atoms with Gasteiger partial charge in [-0.1, -0.05) is 0 Å². The van der Waals surface area contributed by atoms with Crippen LogP contribution in [0.15, 0.2) is 23.5 Å². The lowest BCUT2D eigenvalue weighted by Crippen LogP contribution is -2.35. The van der Waals surface area contributed by atoms with Crippen molar-refractivity contribution in [3.8, 4) is 0 Å². The lowest BCUT2D eigenvalue weighted by Gasteiger charge is -2.26. The molecule has 4 heteroatoms. The Labute approximate surface area is 113 Å². The minimum absolute atomic E-state index is 0.519. The van der Waals surface area contributed by atoms with Crippen LogP contribution in [0.25, 0.3) is 5.57 Å². The van der Waals surface area contributed by atoms with E-state index in [1.165, 1.54) is 30.4 Å². The normalized spacial score (nSPS) is 19.8. The van der Waals surface area contributed by atoms with Gasteiger partial charge in [0.1, 0.15) is 5.84 Å². The Kier molecular flexibility index (Phi) is 3.15. The Bertz CT molecular complexity index is 566. The third kappa shape index (κ3) is 2.57. The van der Waals surface area contributed by atoms with Gasteiger partial charge in [0.2, 0.25) is 0 Å². The molecule has 0 atom stereocenters. The van der Waals surface area contributed by atoms with Crippen molar-refractivity contribution in [1.82, 2.24) is 9.88 Å². The van der Waals surface area contributed by atoms with Crippen molar-refractivity contribution in [3.05, 3.63) is 35.3 Å². The van der Waals surface area contributed by atoms with E-state index in [2.05, 4.69) is 20.9 Å². The molecule has 0 saturated carbocycles. The highest BCUT2D eigenvalue weighted by Gasteiger charge is 2.26. The highest BCUT2D eigenvalue weighted by atomic mass is 15.2. The summed E-state index contributed by atoms with van der Waals surface area (Å²) in [6.07, 6.45) is 8.99. The molecule has 0 aromatic carbocycles. The Hall–Kier alpha value is -1.97. The van der Waals surface area contributed by atoms with E-state index in [9.17, 15) is 0 Å². The number of hydrogen-bond acceptors (Lipinski definition) is 3. The van der Waals surface area contributed by atoms with Crippen molar-refractivity contribution in [2.24, 2.45) is 4.99 Å². The quantitative estimate of drug-likeness (QED) is 0.661. The van der Waals surface area contributed by atoms with Crippen molar-refractivity contribution in [2.75, 3.05) is 13.1 Å². The van der Waals surface area contributed by atoms with Crippen LogP contribution in [-0.4, -0.2) is 35.0 Å². The van der Waals surface area contributed by atoms with Crippen LogP contribution in [0.3, 0.4) is 0 Å². The molecule has 1 fully saturated rings. The van der Waals surface area contributed by atoms with Crippen LogP contribution in [-0.2, 0) is 0 Å². The Balaban J connectivity index is 1.61. The zero-order chi connectivity index (χ0) is 13.2. The van der Waals surface area contributed by atoms with Gasteiger partial charge in [0.05, 0.1) is 11.9 Å². The second-order valence-corrected chi connectivity index (χ2v) is 5.16. The van der Waals surface area contributed by atoms with E-state index in [1.54, 1.807) is 6.21 Å². The number of pyridine rings is 1. The Morgan fingerprint density at radius 3 is 2.89 bits per heavy atom. The number of aliphatic imine (C=N–C) groups is 1. The summed E-state index contributed by atoms with van der Waals surface area (Å²) in [6, 6.07) is 2.12. The van der Waals surface area contributed by atoms with Crippen molar-refractivity contribution in [3.63, 3.8) is 0 Å². The van der Waals surface area contributed by atoms with E-state index in [1.807, 2.05) is 19.3 Å². The van der Waals surface area contributed by atoms with E-state index in [0.29, 0.717) is 5.84 Å². The SMILES string of the molecule is Cc1cnc2c(c1)/C2=C/N=C\C(=N)N1CCCCC1. The lowest BCUT2D eigenvalue weighted by molar-refractivity contribution is 0.344. The molecule has 98 valence electrons. The van der Waals surface area contributed by atoms with Crippen LogP contribution in [0.1, 0.15) is 36.1 Å². The van der Waals surface area contributed by atoms with Crippen LogP contribution >= 0.6 is 0 Å². The molecular formula is C15H18N4. The molecule has 1 N–H and O–H groups in total. The first-order valence-corrected chi connectivity index (χ1v) is 6.80. The van der Waals surface area contributed by atoms with E-state index >= 15 is 0 Å². The molecule has 2 heterocycles. The van der Waals surface area contributed by atoms with Gasteiger partial charge in [-0.15, -0.1) is 0 Å². The fraction of sp³-hybridized carbons (Fsp3) is 0.400. The van der Waals surface area contributed by atoms with E-state index in [0.717, 1.165) is 24.4 Å². The molecule has 0 spiro atoms. The molecule has 3 rings (SSSR count). The van der Waals surface area contributed by atoms with E-state index in [4.69, 9.17) is 5.41 Å². The van der Waals surface area contributed by atoms with Crippen molar-refractivity contribution in [2.45, 2.75) is 26.2 Å². The fourth-order valence-electron chi connectivity index (χ4n) is 2.45. The number of hydrogen-bond donors (Lipinski definition) is 1. The van der Waals surface area contributed by atoms with Crippen molar-refractivity contribution < 1.29 is 0 Å². The summed E-state index contributed by atoms with van der Waals surface area (Å²) in [5, 5.41) is 7.97. The van der Waals surface area contributed by atoms with Crippen LogP contribution < -0.4 is 0 Å². The average Bonchev–Trinajstić information content (AvgIpc) is 3.12. The molecule has 1 saturated heterocycles. The second kappa shape index (κ2) is 4.96. The first-order valence-electron chi connectivity index (χ1n) is 6.80. The van der Waals surface area contributed by atoms with Crippen LogP contribution in [0.5, 0.6) is 0 Å². The topological polar surface area (TPSA) is 52.3 Å². The molecular weight excluding hydrogens is 236 g/mol. The average molecular weight is 254 g/mol. The van der Waals surface area contributed by atoms with Crippen LogP contribution in [0.2, 0.25) is 0 Å². The monoisotopic (exact) mass is 254 g/mol. The van der Waals surface area contributed by atoms with Crippen molar-refractivity contribution in [1.29, 1.82) is 5.41 Å². The molecule has 0 bridgehead atoms. The molecule has 0 radical (unpaired) electrons. The van der Waals surface area contributed by atoms with Crippen molar-refractivity contribution >= 4 is 17.6 Å². The fourth-order valence-corrected chi connectivity index (χ4v) is 2.45. The molecule has 1 aromatic heterocycles. The number of amidine groups is 1. The maximum Gasteiger partial charge on any atom is 0.139 e. The molecule has 0 amide bonds. The maximum absolute atomic E-state index is 7.97. The standard InChI is InChI=1S/C15H18N4/c1-11-7-12-13(15(12)18-8-11)9-17-10-14(16)19-5-3-2-4-6-19/h7-10,16H,2-6H2,1H3/b13-9-,16-14?,17-10-. The lowest BCUT2D eigenvalue weighted by atomic mass is 10.1. The summed E-state index contributed by atoms with van der Waals surface area (Å²) in [4.78, 5) is 10.7. The maximum atomic E-state index is 7.97. The van der Waals surface area contributed by atoms with Gasteiger partial charge in [0.25, 0.3) is 0 Å². The van der Waals surface area contributed by atoms with Gasteiger partial charge in [-0.05, 0) is 37.8 Å². The highest BCUT2D eigenvalue weighted by Crippen LogP contribution is 2.40. The van der Waals surface area contributed by atoms with Gasteiger partial charge in [0, 0.05) is 36.6 Å². The smallest absolute Gasteiger partial charge is 0.139 e. The third-order valence-corrected chi connectivity index (χ3v) is 3.60. The van der Waals surface area contributed by atoms with Gasteiger partial charge in [-0.3, -0.25) is 15.4 Å². The van der Waals surface area contributed by atoms with Crippen LogP contribution in [0, 0.1) is 12.3 Å². The van der Waals surface area contributed by atoms with Crippen LogP contribution in [0.4, 0.5) is 0 Å². The summed E-state index contributed by atoms with van der Waals surface area (Å²) < 4.78 is 0. The molecule has 1 aliphatic carbocycles. The number of aryl methyl sites for hydroxylation is 1. The number of nitrogens with one attached hydrogen (secondary N) is 1. The Morgan fingerprint density at radius 2 is 2.16 bits per heavy atom. The summed E-state index contributed by atoms with van der Waals surface area (Å²) in [5.41, 5.74) is 4.52. The van der Waals surface area contributed by atoms with E-state index < -0.39 is 0 Å². The molecule has 19 heavy (non-hydrogen) atoms. The number of piperidine rings is 1. The third-order valence-electron chi connectivity index (χ3n) is 3.60. The number of nitrogens with zero attached hydrogens (tertiary/aromatic N) is 3. The Morgan fingerprint density at radius 1 is 1.37 bits per heavy atom. The number of likely N-dealkylation sites (tertiary alicyclic amines) is 1. The van der Waals surface area contributed by atoms with Gasteiger partial charge in [-0.25, -0.2) is 0 Å². The zero-order valence-corrected chi connectivity index (χ0v) is 11.2. The number of fused-ring (bicyclic) bond motifs is 1. The molecule has 2 aliphatic rings. The number of rotatable bonds is 2. The van der Waals surface area contributed by atoms with Gasteiger partial charge in [-0.2, -0.15) is 0 Å². The minimum Gasteiger partial charge on any atom is -0.356 e. The first kappa shape index (κ1) is 12.1. The molecule has 1 aromatic rings. The van der Waals surface area contributed by atoms with E-state index in [-0.39, 0.29) is 0 Å². The molecule has 1 aliphatic heterocycles. The summed E-state index contributed by atoms with van der Waals surface area (Å²) in [6.45, 7) is 4.02. The minimum atomic E-state index is 0.519. The summed E-state index contributed by atoms with van der Waals surface area (Å²) >= 11 is 0. The predicted molar refractivity (Wildman–Crippen MR) is 77.7 cm³/mol. The van der Waals surface area contributed by atoms with Gasteiger partial charge >= 0.3 is 0 Å². The highest BCUT2D eigenvalue weighted by molar-refractivity contribution is 6.28. The predicted octanol–water partition coefficient (Wildman–Crippen LogP) is 2.63. The largest absolute Gasteiger partial charge is 0.356 e. The summed E-state index contributed by atoms with van der Waals surface area (Å²) in [5.74, 6) is 0.519. The second-order valence-electron chi connectivity index (χ2n) is 5.16. The number of aromatic nitrogens is 1. The summed E-state index contributed by atoms with van der Waals surface area (Å²) in [7, 11) is 0. The molecule has 4 nitrogen and oxygen atoms in total. The van der Waals surface area contributed by atoms with Gasteiger partial charge < -0.3 is 4.90 Å². The molecule has 0 unspecified atom stereocenters. The first-order chi connectivity index (χ1) is 9.25. The van der Waals surface area contributed by atoms with Gasteiger partial charge in [0.15, 0.2) is 0 Å².